The maximum Gasteiger partial charge on any atom is 0.327 e. The van der Waals surface area contributed by atoms with Crippen LogP contribution in [0.15, 0.2) is 0 Å². The Morgan fingerprint density at radius 2 is 2.21 bits per heavy atom. The first-order chi connectivity index (χ1) is 6.47. The topological polar surface area (TPSA) is 107 Å². The smallest absolute Gasteiger partial charge is 0.327 e. The lowest BCUT2D eigenvalue weighted by Gasteiger charge is -2.11. The summed E-state index contributed by atoms with van der Waals surface area (Å²) in [6.07, 6.45) is 0. The molecule has 0 aliphatic rings. The lowest BCUT2D eigenvalue weighted by atomic mass is 10.3. The molecule has 7 heteroatoms. The van der Waals surface area contributed by atoms with Crippen LogP contribution in [0.2, 0.25) is 0 Å². The van der Waals surface area contributed by atoms with E-state index < -0.39 is 28.7 Å². The number of aliphatic carboxylic acids is 1. The highest BCUT2D eigenvalue weighted by Crippen LogP contribution is 1.91. The quantitative estimate of drug-likeness (QED) is 0.605. The van der Waals surface area contributed by atoms with Crippen LogP contribution >= 0.6 is 0 Å². The Morgan fingerprint density at radius 3 is 2.57 bits per heavy atom. The van der Waals surface area contributed by atoms with Crippen LogP contribution in [-0.4, -0.2) is 38.7 Å². The molecular weight excluding hydrogens is 208 g/mol. The van der Waals surface area contributed by atoms with E-state index in [1.54, 1.807) is 6.07 Å². The number of carboxylic acids is 1. The molecule has 0 aromatic rings. The molecule has 1 unspecified atom stereocenters. The molecule has 0 heterocycles. The van der Waals surface area contributed by atoms with Crippen molar-refractivity contribution in [3.05, 3.63) is 0 Å². The lowest BCUT2D eigenvalue weighted by molar-refractivity contribution is -0.140. The van der Waals surface area contributed by atoms with Gasteiger partial charge in [-0.25, -0.2) is 4.79 Å². The Labute approximate surface area is 83.4 Å². The fraction of sp³-hybridized carbons (Fsp3) is 0.571. The van der Waals surface area contributed by atoms with Gasteiger partial charge in [0.15, 0.2) is 0 Å². The molecule has 2 N–H and O–H groups in total. The second-order valence-electron chi connectivity index (χ2n) is 2.50. The summed E-state index contributed by atoms with van der Waals surface area (Å²) in [7, 11) is -1.54. The predicted octanol–water partition coefficient (Wildman–Crippen LogP) is -1.15. The number of hydrogen-bond acceptors (Lipinski definition) is 4. The molecule has 0 spiro atoms. The van der Waals surface area contributed by atoms with E-state index in [0.717, 1.165) is 0 Å². The van der Waals surface area contributed by atoms with Crippen LogP contribution in [0.4, 0.5) is 0 Å². The van der Waals surface area contributed by atoms with Crippen molar-refractivity contribution in [2.45, 2.75) is 13.0 Å². The minimum atomic E-state index is -1.54. The molecule has 0 radical (unpaired) electrons. The van der Waals surface area contributed by atoms with E-state index in [-0.39, 0.29) is 11.5 Å². The van der Waals surface area contributed by atoms with E-state index >= 15 is 0 Å². The molecule has 0 bridgehead atoms. The Hall–Kier alpha value is -1.42. The Balaban J connectivity index is 4.24. The molecule has 14 heavy (non-hydrogen) atoms. The van der Waals surface area contributed by atoms with Crippen molar-refractivity contribution in [2.24, 2.45) is 0 Å². The van der Waals surface area contributed by atoms with Gasteiger partial charge in [-0.05, 0) is 0 Å². The summed E-state index contributed by atoms with van der Waals surface area (Å²) in [5.41, 5.74) is 0. The zero-order valence-corrected chi connectivity index (χ0v) is 8.34. The van der Waals surface area contributed by atoms with Gasteiger partial charge in [-0.2, -0.15) is 5.26 Å². The molecule has 0 saturated carbocycles. The predicted molar refractivity (Wildman–Crippen MR) is 48.7 cm³/mol. The monoisotopic (exact) mass is 218 g/mol. The average Bonchev–Trinajstić information content (AvgIpc) is 2.02. The number of nitrogens with one attached hydrogen (secondary N) is 1. The van der Waals surface area contributed by atoms with Crippen molar-refractivity contribution < 1.29 is 18.9 Å². The maximum atomic E-state index is 11.0. The summed E-state index contributed by atoms with van der Waals surface area (Å²) < 4.78 is 11.0. The summed E-state index contributed by atoms with van der Waals surface area (Å²) in [5, 5.41) is 18.9. The zero-order valence-electron chi connectivity index (χ0n) is 7.52. The summed E-state index contributed by atoms with van der Waals surface area (Å²) in [4.78, 5) is 21.1. The third kappa shape index (κ3) is 5.27. The Bertz CT molecular complexity index is 297. The highest BCUT2D eigenvalue weighted by atomic mass is 32.2. The van der Waals surface area contributed by atoms with Gasteiger partial charge >= 0.3 is 5.97 Å². The number of hydrogen-bond donors (Lipinski definition) is 2. The van der Waals surface area contributed by atoms with Crippen LogP contribution in [0.3, 0.4) is 0 Å². The van der Waals surface area contributed by atoms with Gasteiger partial charge in [0.25, 0.3) is 0 Å². The molecular formula is C7H10N2O4S. The van der Waals surface area contributed by atoms with Crippen LogP contribution in [0, 0.1) is 11.3 Å². The van der Waals surface area contributed by atoms with Crippen LogP contribution in [0.5, 0.6) is 0 Å². The largest absolute Gasteiger partial charge is 0.480 e. The third-order valence-corrected chi connectivity index (χ3v) is 2.41. The lowest BCUT2D eigenvalue weighted by Crippen LogP contribution is -2.43. The van der Waals surface area contributed by atoms with E-state index in [2.05, 4.69) is 5.32 Å². The number of amides is 1. The van der Waals surface area contributed by atoms with Crippen LogP contribution < -0.4 is 5.32 Å². The van der Waals surface area contributed by atoms with Crippen LogP contribution in [-0.2, 0) is 20.4 Å². The van der Waals surface area contributed by atoms with Crippen molar-refractivity contribution in [2.75, 3.05) is 11.5 Å². The first kappa shape index (κ1) is 12.6. The molecule has 6 nitrogen and oxygen atoms in total. The molecule has 2 atom stereocenters. The summed E-state index contributed by atoms with van der Waals surface area (Å²) in [5.74, 6) is -2.25. The van der Waals surface area contributed by atoms with E-state index in [9.17, 15) is 13.8 Å². The van der Waals surface area contributed by atoms with Gasteiger partial charge in [-0.3, -0.25) is 9.00 Å². The molecule has 0 fully saturated rings. The SMILES string of the molecule is CC(=O)N[C@@H](CS(=O)CC#N)C(=O)O. The van der Waals surface area contributed by atoms with E-state index in [1.165, 1.54) is 6.92 Å². The summed E-state index contributed by atoms with van der Waals surface area (Å²) in [6.45, 7) is 1.17. The van der Waals surface area contributed by atoms with Crippen molar-refractivity contribution >= 4 is 22.7 Å². The average molecular weight is 218 g/mol. The van der Waals surface area contributed by atoms with Crippen LogP contribution in [0.1, 0.15) is 6.92 Å². The highest BCUT2D eigenvalue weighted by molar-refractivity contribution is 7.85. The molecule has 0 aromatic heterocycles. The van der Waals surface area contributed by atoms with E-state index in [0.29, 0.717) is 0 Å². The number of nitrogens with zero attached hydrogens (tertiary/aromatic N) is 1. The van der Waals surface area contributed by atoms with Crippen molar-refractivity contribution in [1.82, 2.24) is 5.32 Å². The second kappa shape index (κ2) is 6.10. The van der Waals surface area contributed by atoms with E-state index in [1.807, 2.05) is 0 Å². The zero-order chi connectivity index (χ0) is 11.1. The van der Waals surface area contributed by atoms with Gasteiger partial charge < -0.3 is 10.4 Å². The third-order valence-electron chi connectivity index (χ3n) is 1.25. The summed E-state index contributed by atoms with van der Waals surface area (Å²) in [6, 6.07) is 0.466. The molecule has 0 aliphatic carbocycles. The standard InChI is InChI=1S/C7H10N2O4S/c1-5(10)9-6(7(11)12)4-14(13)3-2-8/h6H,3-4H2,1H3,(H,9,10)(H,11,12)/t6-,14?/m0/s1. The molecule has 0 rings (SSSR count). The van der Waals surface area contributed by atoms with E-state index in [4.69, 9.17) is 10.4 Å². The normalized spacial score (nSPS) is 13.7. The summed E-state index contributed by atoms with van der Waals surface area (Å²) >= 11 is 0. The fourth-order valence-corrected chi connectivity index (χ4v) is 1.60. The van der Waals surface area contributed by atoms with Crippen molar-refractivity contribution in [1.29, 1.82) is 5.26 Å². The Kier molecular flexibility index (Phi) is 5.48. The fourth-order valence-electron chi connectivity index (χ4n) is 0.737. The van der Waals surface area contributed by atoms with Crippen molar-refractivity contribution in [3.8, 4) is 6.07 Å². The number of carboxylic acid groups (broad SMARTS) is 1. The second-order valence-corrected chi connectivity index (χ2v) is 4.00. The number of carbonyl (C=O) groups is 2. The highest BCUT2D eigenvalue weighted by Gasteiger charge is 2.20. The number of rotatable bonds is 5. The van der Waals surface area contributed by atoms with Gasteiger partial charge in [-0.15, -0.1) is 0 Å². The van der Waals surface area contributed by atoms with Gasteiger partial charge in [0, 0.05) is 17.7 Å². The first-order valence-electron chi connectivity index (χ1n) is 3.69. The number of carbonyl (C=O) groups excluding carboxylic acids is 1. The van der Waals surface area contributed by atoms with Gasteiger partial charge in [0.05, 0.1) is 11.8 Å². The molecule has 0 aliphatic heterocycles. The molecule has 0 aromatic carbocycles. The van der Waals surface area contributed by atoms with Gasteiger partial charge in [0.2, 0.25) is 5.91 Å². The molecule has 78 valence electrons. The first-order valence-corrected chi connectivity index (χ1v) is 5.18. The number of nitriles is 1. The maximum absolute atomic E-state index is 11.0. The minimum absolute atomic E-state index is 0.233. The molecule has 0 saturated heterocycles. The van der Waals surface area contributed by atoms with Gasteiger partial charge in [0.1, 0.15) is 11.8 Å². The Morgan fingerprint density at radius 1 is 1.64 bits per heavy atom. The van der Waals surface area contributed by atoms with Crippen molar-refractivity contribution in [3.63, 3.8) is 0 Å². The molecule has 1 amide bonds. The van der Waals surface area contributed by atoms with Gasteiger partial charge in [-0.1, -0.05) is 0 Å². The minimum Gasteiger partial charge on any atom is -0.480 e. The van der Waals surface area contributed by atoms with Crippen LogP contribution in [0.25, 0.3) is 0 Å².